The van der Waals surface area contributed by atoms with Gasteiger partial charge in [0.15, 0.2) is 0 Å². The highest BCUT2D eigenvalue weighted by Crippen LogP contribution is 2.39. The van der Waals surface area contributed by atoms with E-state index in [4.69, 9.17) is 0 Å². The molecule has 2 rings (SSSR count). The Morgan fingerprint density at radius 3 is 3.14 bits per heavy atom. The molecular formula is C16H25BrN2OS. The standard InChI is InChI=1S/C16H25BrN2OS/c1-2-9-19-16(12-20)8-3-5-13(16)7-11-21-15-14(17)6-4-10-18-15/h4,6,10,13,19-20H,2-3,5,7-9,11-12H2,1H3. The minimum atomic E-state index is -0.0437. The predicted octanol–water partition coefficient (Wildman–Crippen LogP) is 3.86. The van der Waals surface area contributed by atoms with Crippen molar-refractivity contribution in [3.8, 4) is 0 Å². The maximum Gasteiger partial charge on any atom is 0.110 e. The number of aromatic nitrogens is 1. The highest BCUT2D eigenvalue weighted by molar-refractivity contribution is 9.10. The van der Waals surface area contributed by atoms with E-state index >= 15 is 0 Å². The third kappa shape index (κ3) is 4.44. The van der Waals surface area contributed by atoms with E-state index in [9.17, 15) is 5.11 Å². The Labute approximate surface area is 140 Å². The van der Waals surface area contributed by atoms with Gasteiger partial charge in [-0.05, 0) is 72.0 Å². The molecule has 1 heterocycles. The van der Waals surface area contributed by atoms with Crippen molar-refractivity contribution in [1.29, 1.82) is 0 Å². The molecule has 0 spiro atoms. The van der Waals surface area contributed by atoms with Gasteiger partial charge in [-0.15, -0.1) is 11.8 Å². The van der Waals surface area contributed by atoms with E-state index in [0.717, 1.165) is 41.1 Å². The van der Waals surface area contributed by atoms with Gasteiger partial charge < -0.3 is 10.4 Å². The molecule has 1 aliphatic carbocycles. The molecule has 2 N–H and O–H groups in total. The summed E-state index contributed by atoms with van der Waals surface area (Å²) < 4.78 is 1.07. The van der Waals surface area contributed by atoms with Crippen LogP contribution in [0.2, 0.25) is 0 Å². The van der Waals surface area contributed by atoms with Crippen molar-refractivity contribution >= 4 is 27.7 Å². The summed E-state index contributed by atoms with van der Waals surface area (Å²) in [5.74, 6) is 1.62. The van der Waals surface area contributed by atoms with Crippen LogP contribution in [0.4, 0.5) is 0 Å². The Morgan fingerprint density at radius 2 is 2.43 bits per heavy atom. The Kier molecular flexibility index (Phi) is 6.99. The number of thioether (sulfide) groups is 1. The maximum atomic E-state index is 9.88. The first-order valence-electron chi connectivity index (χ1n) is 7.81. The second-order valence-electron chi connectivity index (χ2n) is 5.76. The lowest BCUT2D eigenvalue weighted by molar-refractivity contribution is 0.122. The van der Waals surface area contributed by atoms with Crippen LogP contribution in [0.3, 0.4) is 0 Å². The minimum Gasteiger partial charge on any atom is -0.394 e. The second kappa shape index (κ2) is 8.51. The van der Waals surface area contributed by atoms with Gasteiger partial charge in [0.2, 0.25) is 0 Å². The van der Waals surface area contributed by atoms with E-state index in [1.807, 2.05) is 18.3 Å². The molecule has 21 heavy (non-hydrogen) atoms. The Hall–Kier alpha value is -0.100. The SMILES string of the molecule is CCCNC1(CO)CCCC1CCSc1ncccc1Br. The molecule has 2 atom stereocenters. The summed E-state index contributed by atoms with van der Waals surface area (Å²) in [6.45, 7) is 3.43. The van der Waals surface area contributed by atoms with Crippen LogP contribution >= 0.6 is 27.7 Å². The molecule has 0 aliphatic heterocycles. The lowest BCUT2D eigenvalue weighted by Crippen LogP contribution is -2.51. The molecule has 1 aromatic rings. The normalized spacial score (nSPS) is 25.4. The van der Waals surface area contributed by atoms with Crippen molar-refractivity contribution in [2.45, 2.75) is 49.6 Å². The van der Waals surface area contributed by atoms with E-state index in [1.54, 1.807) is 11.8 Å². The van der Waals surface area contributed by atoms with Crippen LogP contribution < -0.4 is 5.32 Å². The number of halogens is 1. The molecule has 1 saturated carbocycles. The molecule has 1 aromatic heterocycles. The molecule has 1 aliphatic rings. The van der Waals surface area contributed by atoms with E-state index < -0.39 is 0 Å². The van der Waals surface area contributed by atoms with Crippen molar-refractivity contribution in [2.24, 2.45) is 5.92 Å². The average Bonchev–Trinajstić information content (AvgIpc) is 2.90. The van der Waals surface area contributed by atoms with Crippen molar-refractivity contribution in [2.75, 3.05) is 18.9 Å². The molecule has 118 valence electrons. The smallest absolute Gasteiger partial charge is 0.110 e. The number of rotatable bonds is 8. The molecule has 3 nitrogen and oxygen atoms in total. The first-order valence-corrected chi connectivity index (χ1v) is 9.59. The Balaban J connectivity index is 1.88. The fourth-order valence-corrected chi connectivity index (χ4v) is 4.75. The van der Waals surface area contributed by atoms with Gasteiger partial charge in [0.1, 0.15) is 5.03 Å². The van der Waals surface area contributed by atoms with Crippen molar-refractivity contribution in [3.05, 3.63) is 22.8 Å². The molecule has 5 heteroatoms. The molecule has 1 fully saturated rings. The van der Waals surface area contributed by atoms with Crippen LogP contribution in [-0.4, -0.2) is 34.5 Å². The van der Waals surface area contributed by atoms with E-state index in [0.29, 0.717) is 5.92 Å². The maximum absolute atomic E-state index is 9.88. The predicted molar refractivity (Wildman–Crippen MR) is 92.7 cm³/mol. The third-order valence-electron chi connectivity index (χ3n) is 4.40. The third-order valence-corrected chi connectivity index (χ3v) is 6.34. The zero-order valence-corrected chi connectivity index (χ0v) is 15.0. The summed E-state index contributed by atoms with van der Waals surface area (Å²) in [5.41, 5.74) is -0.0437. The highest BCUT2D eigenvalue weighted by atomic mass is 79.9. The fourth-order valence-electron chi connectivity index (χ4n) is 3.21. The molecule has 0 bridgehead atoms. The van der Waals surface area contributed by atoms with Gasteiger partial charge in [0, 0.05) is 16.2 Å². The van der Waals surface area contributed by atoms with Gasteiger partial charge in [-0.1, -0.05) is 13.3 Å². The van der Waals surface area contributed by atoms with E-state index in [-0.39, 0.29) is 12.1 Å². The van der Waals surface area contributed by atoms with Gasteiger partial charge in [-0.3, -0.25) is 0 Å². The Bertz CT molecular complexity index is 446. The molecule has 0 saturated heterocycles. The fraction of sp³-hybridized carbons (Fsp3) is 0.688. The first-order chi connectivity index (χ1) is 10.2. The highest BCUT2D eigenvalue weighted by Gasteiger charge is 2.41. The zero-order chi connectivity index (χ0) is 15.1. The first kappa shape index (κ1) is 17.3. The lowest BCUT2D eigenvalue weighted by Gasteiger charge is -2.35. The number of aliphatic hydroxyl groups excluding tert-OH is 1. The van der Waals surface area contributed by atoms with E-state index in [1.165, 1.54) is 12.8 Å². The number of aliphatic hydroxyl groups is 1. The van der Waals surface area contributed by atoms with E-state index in [2.05, 4.69) is 33.2 Å². The van der Waals surface area contributed by atoms with Crippen molar-refractivity contribution in [1.82, 2.24) is 10.3 Å². The summed E-state index contributed by atoms with van der Waals surface area (Å²) in [4.78, 5) is 4.40. The van der Waals surface area contributed by atoms with Gasteiger partial charge >= 0.3 is 0 Å². The molecular weight excluding hydrogens is 348 g/mol. The van der Waals surface area contributed by atoms with Gasteiger partial charge in [-0.25, -0.2) is 4.98 Å². The lowest BCUT2D eigenvalue weighted by atomic mass is 9.85. The second-order valence-corrected chi connectivity index (χ2v) is 7.70. The summed E-state index contributed by atoms with van der Waals surface area (Å²) >= 11 is 5.35. The molecule has 2 unspecified atom stereocenters. The van der Waals surface area contributed by atoms with Crippen LogP contribution in [0.25, 0.3) is 0 Å². The topological polar surface area (TPSA) is 45.1 Å². The van der Waals surface area contributed by atoms with Crippen LogP contribution in [0, 0.1) is 5.92 Å². The quantitative estimate of drug-likeness (QED) is 0.680. The van der Waals surface area contributed by atoms with Crippen LogP contribution in [0.15, 0.2) is 27.8 Å². The van der Waals surface area contributed by atoms with Crippen molar-refractivity contribution < 1.29 is 5.11 Å². The van der Waals surface area contributed by atoms with Crippen molar-refractivity contribution in [3.63, 3.8) is 0 Å². The van der Waals surface area contributed by atoms with Gasteiger partial charge in [0.25, 0.3) is 0 Å². The van der Waals surface area contributed by atoms with Gasteiger partial charge in [-0.2, -0.15) is 0 Å². The number of nitrogens with one attached hydrogen (secondary N) is 1. The monoisotopic (exact) mass is 372 g/mol. The molecule has 0 radical (unpaired) electrons. The average molecular weight is 373 g/mol. The summed E-state index contributed by atoms with van der Waals surface area (Å²) in [7, 11) is 0. The summed E-state index contributed by atoms with van der Waals surface area (Å²) in [6.07, 6.45) is 7.63. The number of hydrogen-bond donors (Lipinski definition) is 2. The molecule has 0 amide bonds. The summed E-state index contributed by atoms with van der Waals surface area (Å²) in [6, 6.07) is 3.97. The molecule has 0 aromatic carbocycles. The Morgan fingerprint density at radius 1 is 1.57 bits per heavy atom. The van der Waals surface area contributed by atoms with Crippen LogP contribution in [-0.2, 0) is 0 Å². The summed E-state index contributed by atoms with van der Waals surface area (Å²) in [5, 5.41) is 14.6. The van der Waals surface area contributed by atoms with Crippen LogP contribution in [0.1, 0.15) is 39.0 Å². The zero-order valence-electron chi connectivity index (χ0n) is 12.6. The largest absolute Gasteiger partial charge is 0.394 e. The number of nitrogens with zero attached hydrogens (tertiary/aromatic N) is 1. The number of hydrogen-bond acceptors (Lipinski definition) is 4. The minimum absolute atomic E-state index is 0.0437. The van der Waals surface area contributed by atoms with Gasteiger partial charge in [0.05, 0.1) is 6.61 Å². The van der Waals surface area contributed by atoms with Crippen LogP contribution in [0.5, 0.6) is 0 Å². The number of pyridine rings is 1.